The van der Waals surface area contributed by atoms with Gasteiger partial charge in [0.2, 0.25) is 0 Å². The summed E-state index contributed by atoms with van der Waals surface area (Å²) in [5.74, 6) is 0. The average Bonchev–Trinajstić information content (AvgIpc) is 1.97. The Morgan fingerprint density at radius 3 is 1.33 bits per heavy atom. The second kappa shape index (κ2) is 23.8. The topological polar surface area (TPSA) is 0 Å². The third-order valence-corrected chi connectivity index (χ3v) is 1.92. The number of hydrogen-bond acceptors (Lipinski definition) is 2. The molecule has 0 aromatic heterocycles. The lowest BCUT2D eigenvalue weighted by Crippen LogP contribution is -1.66. The van der Waals surface area contributed by atoms with Crippen LogP contribution in [0.1, 0.15) is 0 Å². The molecule has 0 saturated heterocycles. The van der Waals surface area contributed by atoms with Crippen LogP contribution in [0.15, 0.2) is 26.3 Å². The van der Waals surface area contributed by atoms with Gasteiger partial charge in [-0.25, -0.2) is 0 Å². The van der Waals surface area contributed by atoms with Gasteiger partial charge in [0.1, 0.15) is 0 Å². The van der Waals surface area contributed by atoms with Crippen LogP contribution in [-0.2, 0) is 21.5 Å². The first-order chi connectivity index (χ1) is 4.27. The van der Waals surface area contributed by atoms with Gasteiger partial charge in [0.25, 0.3) is 11.2 Å². The van der Waals surface area contributed by atoms with Crippen molar-refractivity contribution in [2.75, 3.05) is 0 Å². The van der Waals surface area contributed by atoms with E-state index in [1.807, 2.05) is 0 Å². The first kappa shape index (κ1) is 16.2. The molecule has 0 radical (unpaired) electrons. The van der Waals surface area contributed by atoms with E-state index in [-0.39, 0.29) is 0 Å². The largest absolute Gasteiger partial charge is 0.343 e. The summed E-state index contributed by atoms with van der Waals surface area (Å²) in [6, 6.07) is 0. The minimum atomic E-state index is 0.514. The van der Waals surface area contributed by atoms with Crippen molar-refractivity contribution in [3.63, 3.8) is 0 Å². The Hall–Kier alpha value is 0.360. The van der Waals surface area contributed by atoms with E-state index in [1.165, 1.54) is 0 Å². The van der Waals surface area contributed by atoms with Gasteiger partial charge in [-0.2, -0.15) is 0 Å². The molecular weight excluding hydrogens is 188 g/mol. The lowest BCUT2D eigenvalue weighted by atomic mass is 11.3. The monoisotopic (exact) mass is 197 g/mol. The molecule has 0 rings (SSSR count). The molecule has 0 aliphatic rings. The highest BCUT2D eigenvalue weighted by Crippen LogP contribution is 1.76. The third-order valence-electron chi connectivity index (χ3n) is 0.0713. The Morgan fingerprint density at radius 2 is 1.33 bits per heavy atom. The molecule has 0 nitrogen and oxygen atoms in total. The zero-order valence-corrected chi connectivity index (χ0v) is 8.34. The lowest BCUT2D eigenvalue weighted by Gasteiger charge is -1.43. The van der Waals surface area contributed by atoms with Gasteiger partial charge in [-0.15, -0.1) is 26.3 Å². The van der Waals surface area contributed by atoms with Gasteiger partial charge in [-0.05, 0) is 12.2 Å². The molecule has 0 bridgehead atoms. The van der Waals surface area contributed by atoms with Crippen LogP contribution in [0.4, 0.5) is 0 Å². The van der Waals surface area contributed by atoms with Crippen molar-refractivity contribution in [1.29, 1.82) is 0 Å². The SMILES string of the molecule is C=C.C=C.S=[S+]C(=S)S. The van der Waals surface area contributed by atoms with Crippen LogP contribution in [0.2, 0.25) is 0 Å². The zero-order valence-electron chi connectivity index (χ0n) is 5.00. The predicted molar refractivity (Wildman–Crippen MR) is 58.8 cm³/mol. The van der Waals surface area contributed by atoms with Crippen LogP contribution in [0.25, 0.3) is 0 Å². The van der Waals surface area contributed by atoms with E-state index in [0.717, 1.165) is 10.3 Å². The van der Waals surface area contributed by atoms with Crippen molar-refractivity contribution >= 4 is 49.9 Å². The summed E-state index contributed by atoms with van der Waals surface area (Å²) >= 11 is 12.5. The molecule has 0 aliphatic carbocycles. The molecule has 0 unspecified atom stereocenters. The number of rotatable bonds is 0. The van der Waals surface area contributed by atoms with E-state index in [2.05, 4.69) is 62.4 Å². The van der Waals surface area contributed by atoms with Crippen molar-refractivity contribution in [3.8, 4) is 0 Å². The van der Waals surface area contributed by atoms with E-state index in [4.69, 9.17) is 0 Å². The van der Waals surface area contributed by atoms with Crippen LogP contribution < -0.4 is 0 Å². The van der Waals surface area contributed by atoms with Gasteiger partial charge >= 0.3 is 13.8 Å². The molecule has 0 amide bonds. The Labute approximate surface area is 76.1 Å². The Kier molecular flexibility index (Phi) is 42.8. The maximum atomic E-state index is 4.42. The molecule has 9 heavy (non-hydrogen) atoms. The van der Waals surface area contributed by atoms with Gasteiger partial charge in [0.05, 0.1) is 0 Å². The molecule has 0 aliphatic heterocycles. The normalized spacial score (nSPS) is 4.56. The summed E-state index contributed by atoms with van der Waals surface area (Å²) in [6.07, 6.45) is 0. The van der Waals surface area contributed by atoms with Gasteiger partial charge in [0.15, 0.2) is 0 Å². The number of thiol groups is 1. The highest BCUT2D eigenvalue weighted by atomic mass is 32.8. The highest BCUT2D eigenvalue weighted by molar-refractivity contribution is 8.44. The van der Waals surface area contributed by atoms with Gasteiger partial charge in [0, 0.05) is 0 Å². The summed E-state index contributed by atoms with van der Waals surface area (Å²) in [4.78, 5) is 0. The molecule has 0 aromatic rings. The third kappa shape index (κ3) is 60.7. The van der Waals surface area contributed by atoms with Gasteiger partial charge < -0.3 is 0 Å². The smallest absolute Gasteiger partial charge is 0.106 e. The molecule has 0 spiro atoms. The second-order valence-electron chi connectivity index (χ2n) is 0.349. The van der Waals surface area contributed by atoms with E-state index >= 15 is 0 Å². The van der Waals surface area contributed by atoms with Crippen molar-refractivity contribution < 1.29 is 0 Å². The fraction of sp³-hybridized carbons (Fsp3) is 0. The van der Waals surface area contributed by atoms with E-state index < -0.39 is 0 Å². The van der Waals surface area contributed by atoms with Crippen LogP contribution in [-0.4, -0.2) is 3.53 Å². The first-order valence-electron chi connectivity index (χ1n) is 1.80. The molecule has 0 atom stereocenters. The zero-order chi connectivity index (χ0) is 8.28. The van der Waals surface area contributed by atoms with E-state index in [1.54, 1.807) is 0 Å². The van der Waals surface area contributed by atoms with Crippen LogP contribution in [0.3, 0.4) is 0 Å². The van der Waals surface area contributed by atoms with Crippen LogP contribution in [0, 0.1) is 0 Å². The lowest BCUT2D eigenvalue weighted by molar-refractivity contribution is 2.81. The Morgan fingerprint density at radius 1 is 1.22 bits per heavy atom. The molecule has 0 aromatic carbocycles. The molecular formula is C5H9S4+. The van der Waals surface area contributed by atoms with Crippen molar-refractivity contribution in [3.05, 3.63) is 26.3 Å². The maximum absolute atomic E-state index is 4.42. The standard InChI is InChI=1S/2C2H4.CS4/c2*1-2;2-1(3)5-4/h2*1-2H2;/p+1. The Bertz CT molecular complexity index is 77.0. The molecule has 0 saturated carbocycles. The predicted octanol–water partition coefficient (Wildman–Crippen LogP) is 2.35. The highest BCUT2D eigenvalue weighted by Gasteiger charge is 1.91. The maximum Gasteiger partial charge on any atom is 0.343 e. The number of hydrogen-bond donors (Lipinski definition) is 1. The number of thiocarbonyl (C=S) groups is 1. The molecule has 52 valence electrons. The summed E-state index contributed by atoms with van der Waals surface area (Å²) < 4.78 is 0.514. The fourth-order valence-corrected chi connectivity index (χ4v) is 0. The minimum Gasteiger partial charge on any atom is -0.106 e. The first-order valence-corrected chi connectivity index (χ1v) is 4.40. The van der Waals surface area contributed by atoms with Crippen LogP contribution >= 0.6 is 24.8 Å². The quantitative estimate of drug-likeness (QED) is 0.274. The summed E-state index contributed by atoms with van der Waals surface area (Å²) in [6.45, 7) is 12.0. The average molecular weight is 197 g/mol. The van der Waals surface area contributed by atoms with Gasteiger partial charge in [-0.3, -0.25) is 0 Å². The van der Waals surface area contributed by atoms with E-state index in [9.17, 15) is 0 Å². The Balaban J connectivity index is -0.0000000771. The fourth-order valence-electron chi connectivity index (χ4n) is 0. The van der Waals surface area contributed by atoms with Crippen molar-refractivity contribution in [1.82, 2.24) is 0 Å². The molecule has 4 heteroatoms. The minimum absolute atomic E-state index is 0.514. The second-order valence-corrected chi connectivity index (χ2v) is 3.14. The van der Waals surface area contributed by atoms with E-state index in [0.29, 0.717) is 3.53 Å². The van der Waals surface area contributed by atoms with Crippen molar-refractivity contribution in [2.24, 2.45) is 0 Å². The summed E-state index contributed by atoms with van der Waals surface area (Å²) in [5.41, 5.74) is 0. The summed E-state index contributed by atoms with van der Waals surface area (Å²) in [5, 5.41) is 0. The van der Waals surface area contributed by atoms with Crippen molar-refractivity contribution in [2.45, 2.75) is 0 Å². The van der Waals surface area contributed by atoms with Gasteiger partial charge in [-0.1, -0.05) is 12.6 Å². The van der Waals surface area contributed by atoms with Crippen LogP contribution in [0.5, 0.6) is 0 Å². The molecule has 0 heterocycles. The summed E-state index contributed by atoms with van der Waals surface area (Å²) in [7, 11) is 1.06. The molecule has 0 N–H and O–H groups in total. The molecule has 0 fully saturated rings.